The fraction of sp³-hybridized carbons (Fsp3) is 0.722. The van der Waals surface area contributed by atoms with Gasteiger partial charge in [0.05, 0.1) is 24.9 Å². The Morgan fingerprint density at radius 1 is 1.40 bits per heavy atom. The molecule has 0 unspecified atom stereocenters. The maximum atomic E-state index is 12.2. The third-order valence-corrected chi connectivity index (χ3v) is 4.91. The van der Waals surface area contributed by atoms with Gasteiger partial charge in [0.1, 0.15) is 11.2 Å². The first-order valence-electron chi connectivity index (χ1n) is 9.26. The molecule has 2 atom stereocenters. The summed E-state index contributed by atoms with van der Waals surface area (Å²) in [5.41, 5.74) is 0.513. The van der Waals surface area contributed by atoms with Crippen LogP contribution in [0, 0.1) is 5.92 Å². The molecule has 0 radical (unpaired) electrons. The number of H-pyrrole nitrogens is 1. The maximum absolute atomic E-state index is 12.2. The molecule has 0 amide bonds. The van der Waals surface area contributed by atoms with Crippen molar-refractivity contribution >= 4 is 11.0 Å². The number of aromatic nitrogens is 4. The molecule has 0 aromatic carbocycles. The average Bonchev–Trinajstić information content (AvgIpc) is 2.94. The van der Waals surface area contributed by atoms with Crippen LogP contribution in [0.1, 0.15) is 45.9 Å². The summed E-state index contributed by atoms with van der Waals surface area (Å²) in [6.45, 7) is 8.99. The molecule has 25 heavy (non-hydrogen) atoms. The van der Waals surface area contributed by atoms with Gasteiger partial charge >= 0.3 is 0 Å². The molecule has 1 fully saturated rings. The van der Waals surface area contributed by atoms with Gasteiger partial charge in [-0.05, 0) is 12.3 Å². The van der Waals surface area contributed by atoms with Gasteiger partial charge in [-0.1, -0.05) is 33.6 Å². The Labute approximate surface area is 148 Å². The molecule has 0 saturated carbocycles. The second-order valence-corrected chi connectivity index (χ2v) is 7.39. The molecule has 1 aliphatic heterocycles. The van der Waals surface area contributed by atoms with Crippen molar-refractivity contribution in [1.29, 1.82) is 0 Å². The Morgan fingerprint density at radius 3 is 2.92 bits per heavy atom. The van der Waals surface area contributed by atoms with Crippen molar-refractivity contribution in [3.63, 3.8) is 0 Å². The number of morpholine rings is 1. The summed E-state index contributed by atoms with van der Waals surface area (Å²) in [4.78, 5) is 22.1. The smallest absolute Gasteiger partial charge is 0.262 e. The number of fused-ring (bicyclic) bond motifs is 1. The van der Waals surface area contributed by atoms with Crippen LogP contribution in [0.4, 0.5) is 0 Å². The number of nitrogens with zero attached hydrogens (tertiary/aromatic N) is 4. The van der Waals surface area contributed by atoms with Gasteiger partial charge in [0.15, 0.2) is 5.65 Å². The number of hydrogen-bond acceptors (Lipinski definition) is 5. The SMILES string of the molecule is CCCC[C@@H]1CN(Cc2nc3c(cnn3C)c(=O)[nH]2)C[C@H](C(C)C)O1. The van der Waals surface area contributed by atoms with Crippen LogP contribution in [0.5, 0.6) is 0 Å². The summed E-state index contributed by atoms with van der Waals surface area (Å²) < 4.78 is 7.92. The van der Waals surface area contributed by atoms with Gasteiger partial charge in [0.25, 0.3) is 5.56 Å². The van der Waals surface area contributed by atoms with E-state index in [0.29, 0.717) is 29.3 Å². The molecule has 0 bridgehead atoms. The highest BCUT2D eigenvalue weighted by Crippen LogP contribution is 2.22. The second kappa shape index (κ2) is 7.66. The van der Waals surface area contributed by atoms with Gasteiger partial charge in [-0.2, -0.15) is 5.10 Å². The normalized spacial score (nSPS) is 22.1. The van der Waals surface area contributed by atoms with Gasteiger partial charge in [0, 0.05) is 20.1 Å². The Kier molecular flexibility index (Phi) is 5.54. The van der Waals surface area contributed by atoms with Crippen LogP contribution < -0.4 is 5.56 Å². The summed E-state index contributed by atoms with van der Waals surface area (Å²) in [5, 5.41) is 4.66. The fourth-order valence-electron chi connectivity index (χ4n) is 3.40. The van der Waals surface area contributed by atoms with Gasteiger partial charge < -0.3 is 9.72 Å². The number of nitrogens with one attached hydrogen (secondary N) is 1. The zero-order valence-corrected chi connectivity index (χ0v) is 15.7. The summed E-state index contributed by atoms with van der Waals surface area (Å²) in [6.07, 6.45) is 5.49. The minimum absolute atomic E-state index is 0.121. The fourth-order valence-corrected chi connectivity index (χ4v) is 3.40. The zero-order chi connectivity index (χ0) is 18.0. The van der Waals surface area contributed by atoms with E-state index in [-0.39, 0.29) is 17.8 Å². The number of hydrogen-bond donors (Lipinski definition) is 1. The van der Waals surface area contributed by atoms with Crippen LogP contribution in [0.15, 0.2) is 11.0 Å². The lowest BCUT2D eigenvalue weighted by Crippen LogP contribution is -2.49. The van der Waals surface area contributed by atoms with Crippen LogP contribution >= 0.6 is 0 Å². The number of aromatic amines is 1. The van der Waals surface area contributed by atoms with E-state index in [0.717, 1.165) is 19.5 Å². The Bertz CT molecular complexity index is 766. The highest BCUT2D eigenvalue weighted by atomic mass is 16.5. The number of rotatable bonds is 6. The number of aryl methyl sites for hydroxylation is 1. The highest BCUT2D eigenvalue weighted by molar-refractivity contribution is 5.72. The number of ether oxygens (including phenoxy) is 1. The molecule has 7 heteroatoms. The average molecular weight is 347 g/mol. The van der Waals surface area contributed by atoms with E-state index in [1.165, 1.54) is 12.8 Å². The zero-order valence-electron chi connectivity index (χ0n) is 15.7. The third kappa shape index (κ3) is 4.10. The molecule has 2 aromatic rings. The largest absolute Gasteiger partial charge is 0.372 e. The maximum Gasteiger partial charge on any atom is 0.262 e. The standard InChI is InChI=1S/C18H29N5O2/c1-5-6-7-13-9-23(10-15(25-13)12(2)3)11-16-20-17-14(18(24)21-16)8-19-22(17)4/h8,12-13,15H,5-7,9-11H2,1-4H3,(H,20,21,24)/t13-,15-/m1/s1. The Morgan fingerprint density at radius 2 is 2.20 bits per heavy atom. The molecule has 1 saturated heterocycles. The molecule has 1 aliphatic rings. The third-order valence-electron chi connectivity index (χ3n) is 4.91. The molecule has 2 aromatic heterocycles. The van der Waals surface area contributed by atoms with Crippen LogP contribution in [0.2, 0.25) is 0 Å². The van der Waals surface area contributed by atoms with Crippen molar-refractivity contribution in [1.82, 2.24) is 24.6 Å². The molecular formula is C18H29N5O2. The lowest BCUT2D eigenvalue weighted by atomic mass is 10.0. The lowest BCUT2D eigenvalue weighted by Gasteiger charge is -2.39. The molecule has 3 rings (SSSR count). The van der Waals surface area contributed by atoms with Gasteiger partial charge in [-0.25, -0.2) is 4.98 Å². The highest BCUT2D eigenvalue weighted by Gasteiger charge is 2.29. The Hall–Kier alpha value is -1.73. The molecule has 1 N–H and O–H groups in total. The summed E-state index contributed by atoms with van der Waals surface area (Å²) in [5.74, 6) is 1.17. The minimum Gasteiger partial charge on any atom is -0.372 e. The van der Waals surface area contributed by atoms with Crippen LogP contribution in [-0.2, 0) is 18.3 Å². The van der Waals surface area contributed by atoms with Crippen molar-refractivity contribution in [3.8, 4) is 0 Å². The van der Waals surface area contributed by atoms with Crippen molar-refractivity contribution < 1.29 is 4.74 Å². The van der Waals surface area contributed by atoms with Crippen LogP contribution in [0.25, 0.3) is 11.0 Å². The van der Waals surface area contributed by atoms with E-state index < -0.39 is 0 Å². The van der Waals surface area contributed by atoms with Crippen molar-refractivity contribution in [2.75, 3.05) is 13.1 Å². The van der Waals surface area contributed by atoms with E-state index in [2.05, 4.69) is 40.7 Å². The first kappa shape index (κ1) is 18.1. The van der Waals surface area contributed by atoms with Crippen molar-refractivity contribution in [2.24, 2.45) is 13.0 Å². The summed E-state index contributed by atoms with van der Waals surface area (Å²) in [6, 6.07) is 0. The van der Waals surface area contributed by atoms with Crippen LogP contribution in [-0.4, -0.2) is 49.9 Å². The molecule has 0 spiro atoms. The van der Waals surface area contributed by atoms with E-state index >= 15 is 0 Å². The topological polar surface area (TPSA) is 76.0 Å². The van der Waals surface area contributed by atoms with Gasteiger partial charge in [-0.15, -0.1) is 0 Å². The van der Waals surface area contributed by atoms with E-state index in [9.17, 15) is 4.79 Å². The minimum atomic E-state index is -0.121. The van der Waals surface area contributed by atoms with Crippen molar-refractivity contribution in [2.45, 2.75) is 58.8 Å². The Balaban J connectivity index is 1.78. The predicted molar refractivity (Wildman–Crippen MR) is 97.4 cm³/mol. The van der Waals surface area contributed by atoms with E-state index in [1.807, 2.05) is 7.05 Å². The quantitative estimate of drug-likeness (QED) is 0.866. The molecule has 138 valence electrons. The van der Waals surface area contributed by atoms with E-state index in [1.54, 1.807) is 10.9 Å². The molecular weight excluding hydrogens is 318 g/mol. The molecule has 0 aliphatic carbocycles. The molecule has 3 heterocycles. The first-order chi connectivity index (χ1) is 12.0. The van der Waals surface area contributed by atoms with Gasteiger partial charge in [0.2, 0.25) is 0 Å². The summed E-state index contributed by atoms with van der Waals surface area (Å²) in [7, 11) is 1.81. The van der Waals surface area contributed by atoms with Gasteiger partial charge in [-0.3, -0.25) is 14.4 Å². The van der Waals surface area contributed by atoms with Crippen LogP contribution in [0.3, 0.4) is 0 Å². The monoisotopic (exact) mass is 347 g/mol. The summed E-state index contributed by atoms with van der Waals surface area (Å²) >= 11 is 0. The number of unbranched alkanes of at least 4 members (excludes halogenated alkanes) is 1. The van der Waals surface area contributed by atoms with Crippen molar-refractivity contribution in [3.05, 3.63) is 22.4 Å². The first-order valence-corrected chi connectivity index (χ1v) is 9.26. The van der Waals surface area contributed by atoms with E-state index in [4.69, 9.17) is 4.74 Å². The molecule has 7 nitrogen and oxygen atoms in total. The second-order valence-electron chi connectivity index (χ2n) is 7.39. The predicted octanol–water partition coefficient (Wildman–Crippen LogP) is 2.07. The lowest BCUT2D eigenvalue weighted by molar-refractivity contribution is -0.108.